The van der Waals surface area contributed by atoms with Crippen LogP contribution in [0.15, 0.2) is 65.7 Å². The monoisotopic (exact) mass is 413 g/mol. The highest BCUT2D eigenvalue weighted by atomic mass is 32.2. The van der Waals surface area contributed by atoms with Gasteiger partial charge in [-0.3, -0.25) is 14.4 Å². The van der Waals surface area contributed by atoms with E-state index in [4.69, 9.17) is 4.74 Å². The van der Waals surface area contributed by atoms with E-state index in [1.165, 1.54) is 41.8 Å². The van der Waals surface area contributed by atoms with Crippen molar-refractivity contribution in [2.24, 2.45) is 0 Å². The Hall–Kier alpha value is -3.46. The Labute approximate surface area is 168 Å². The van der Waals surface area contributed by atoms with Crippen LogP contribution in [0.25, 0.3) is 0 Å². The number of ether oxygens (including phenoxy) is 1. The molecule has 0 aliphatic heterocycles. The summed E-state index contributed by atoms with van der Waals surface area (Å²) in [6, 6.07) is 13.9. The van der Waals surface area contributed by atoms with Crippen molar-refractivity contribution in [3.63, 3.8) is 0 Å². The van der Waals surface area contributed by atoms with E-state index in [-0.39, 0.29) is 16.5 Å². The van der Waals surface area contributed by atoms with Crippen molar-refractivity contribution in [2.45, 2.75) is 18.7 Å². The highest BCUT2D eigenvalue weighted by molar-refractivity contribution is 7.92. The molecule has 0 saturated heterocycles. The molecule has 0 atom stereocenters. The molecule has 2 aromatic carbocycles. The Morgan fingerprint density at radius 1 is 1.03 bits per heavy atom. The topological polar surface area (TPSA) is 103 Å². The number of nitrogens with zero attached hydrogens (tertiary/aromatic N) is 3. The van der Waals surface area contributed by atoms with E-state index in [1.54, 1.807) is 30.3 Å². The van der Waals surface area contributed by atoms with Crippen molar-refractivity contribution in [1.29, 1.82) is 0 Å². The summed E-state index contributed by atoms with van der Waals surface area (Å²) in [5.41, 5.74) is 2.06. The standard InChI is InChI=1S/C20H19N3O5S/c1-14-6-11-18(13-15(14)2)29(26,27)22(3)16-7-9-17(10-8-16)28-20-19(23(24)25)5-4-12-21-20/h4-13H,1-3H3. The van der Waals surface area contributed by atoms with Crippen LogP contribution in [-0.2, 0) is 10.0 Å². The zero-order valence-electron chi connectivity index (χ0n) is 16.1. The van der Waals surface area contributed by atoms with Crippen LogP contribution in [0.5, 0.6) is 11.6 Å². The second kappa shape index (κ2) is 7.88. The van der Waals surface area contributed by atoms with Crippen molar-refractivity contribution < 1.29 is 18.1 Å². The van der Waals surface area contributed by atoms with E-state index in [1.807, 2.05) is 13.8 Å². The molecule has 9 heteroatoms. The van der Waals surface area contributed by atoms with E-state index in [0.29, 0.717) is 11.4 Å². The predicted molar refractivity (Wildman–Crippen MR) is 109 cm³/mol. The first-order valence-electron chi connectivity index (χ1n) is 8.63. The van der Waals surface area contributed by atoms with Gasteiger partial charge < -0.3 is 4.74 Å². The molecule has 0 aliphatic carbocycles. The van der Waals surface area contributed by atoms with Crippen molar-refractivity contribution in [1.82, 2.24) is 4.98 Å². The second-order valence-electron chi connectivity index (χ2n) is 6.40. The smallest absolute Gasteiger partial charge is 0.331 e. The summed E-state index contributed by atoms with van der Waals surface area (Å²) in [5, 5.41) is 11.1. The Morgan fingerprint density at radius 2 is 1.72 bits per heavy atom. The van der Waals surface area contributed by atoms with Gasteiger partial charge in [0.05, 0.1) is 15.5 Å². The van der Waals surface area contributed by atoms with E-state index < -0.39 is 14.9 Å². The van der Waals surface area contributed by atoms with E-state index >= 15 is 0 Å². The van der Waals surface area contributed by atoms with Gasteiger partial charge in [0.2, 0.25) is 0 Å². The summed E-state index contributed by atoms with van der Waals surface area (Å²) in [4.78, 5) is 14.6. The minimum Gasteiger partial charge on any atom is -0.434 e. The highest BCUT2D eigenvalue weighted by Gasteiger charge is 2.22. The zero-order chi connectivity index (χ0) is 21.2. The second-order valence-corrected chi connectivity index (χ2v) is 8.37. The fraction of sp³-hybridized carbons (Fsp3) is 0.150. The van der Waals surface area contributed by atoms with Crippen LogP contribution >= 0.6 is 0 Å². The molecule has 0 N–H and O–H groups in total. The Balaban J connectivity index is 1.84. The normalized spacial score (nSPS) is 11.1. The van der Waals surface area contributed by atoms with Gasteiger partial charge in [0, 0.05) is 19.3 Å². The molecular weight excluding hydrogens is 394 g/mol. The number of aryl methyl sites for hydroxylation is 2. The Bertz CT molecular complexity index is 1160. The number of anilines is 1. The summed E-state index contributed by atoms with van der Waals surface area (Å²) in [6.45, 7) is 3.78. The maximum atomic E-state index is 12.9. The van der Waals surface area contributed by atoms with Crippen LogP contribution in [0.1, 0.15) is 11.1 Å². The molecule has 29 heavy (non-hydrogen) atoms. The van der Waals surface area contributed by atoms with Gasteiger partial charge >= 0.3 is 5.69 Å². The molecule has 0 saturated carbocycles. The molecule has 0 bridgehead atoms. The lowest BCUT2D eigenvalue weighted by atomic mass is 10.1. The molecule has 0 spiro atoms. The van der Waals surface area contributed by atoms with E-state index in [0.717, 1.165) is 11.1 Å². The number of aromatic nitrogens is 1. The molecule has 1 aromatic heterocycles. The number of pyridine rings is 1. The SMILES string of the molecule is Cc1ccc(S(=O)(=O)N(C)c2ccc(Oc3ncccc3[N+](=O)[O-])cc2)cc1C. The van der Waals surface area contributed by atoms with Gasteiger partial charge in [0.15, 0.2) is 0 Å². The quantitative estimate of drug-likeness (QED) is 0.443. The Morgan fingerprint density at radius 3 is 2.34 bits per heavy atom. The third-order valence-corrected chi connectivity index (χ3v) is 6.28. The van der Waals surface area contributed by atoms with Crippen molar-refractivity contribution in [2.75, 3.05) is 11.4 Å². The summed E-state index contributed by atoms with van der Waals surface area (Å²) < 4.78 is 32.5. The third kappa shape index (κ3) is 4.19. The largest absolute Gasteiger partial charge is 0.434 e. The molecule has 3 aromatic rings. The number of nitro groups is 1. The molecule has 0 amide bonds. The molecule has 0 unspecified atom stereocenters. The lowest BCUT2D eigenvalue weighted by Crippen LogP contribution is -2.26. The van der Waals surface area contributed by atoms with Crippen LogP contribution in [-0.4, -0.2) is 25.4 Å². The van der Waals surface area contributed by atoms with E-state index in [9.17, 15) is 18.5 Å². The van der Waals surface area contributed by atoms with Crippen molar-refractivity contribution in [3.8, 4) is 11.6 Å². The van der Waals surface area contributed by atoms with Crippen LogP contribution in [0, 0.1) is 24.0 Å². The van der Waals surface area contributed by atoms with Gasteiger partial charge in [-0.1, -0.05) is 6.07 Å². The summed E-state index contributed by atoms with van der Waals surface area (Å²) in [6.07, 6.45) is 1.39. The number of hydrogen-bond acceptors (Lipinski definition) is 6. The summed E-state index contributed by atoms with van der Waals surface area (Å²) in [7, 11) is -2.27. The minimum atomic E-state index is -3.73. The molecule has 8 nitrogen and oxygen atoms in total. The van der Waals surface area contributed by atoms with Crippen LogP contribution in [0.2, 0.25) is 0 Å². The van der Waals surface area contributed by atoms with Gasteiger partial charge in [-0.25, -0.2) is 13.4 Å². The lowest BCUT2D eigenvalue weighted by Gasteiger charge is -2.20. The van der Waals surface area contributed by atoms with Gasteiger partial charge in [-0.15, -0.1) is 0 Å². The van der Waals surface area contributed by atoms with Crippen molar-refractivity contribution >= 4 is 21.4 Å². The average Bonchev–Trinajstić information content (AvgIpc) is 2.70. The van der Waals surface area contributed by atoms with Crippen LogP contribution in [0.4, 0.5) is 11.4 Å². The van der Waals surface area contributed by atoms with Gasteiger partial charge in [-0.2, -0.15) is 0 Å². The predicted octanol–water partition coefficient (Wildman–Crippen LogP) is 4.22. The number of sulfonamides is 1. The maximum Gasteiger partial charge on any atom is 0.331 e. The fourth-order valence-corrected chi connectivity index (χ4v) is 3.89. The average molecular weight is 413 g/mol. The molecule has 3 rings (SSSR count). The first kappa shape index (κ1) is 20.3. The number of hydrogen-bond donors (Lipinski definition) is 0. The van der Waals surface area contributed by atoms with Gasteiger partial charge in [-0.05, 0) is 67.4 Å². The van der Waals surface area contributed by atoms with Crippen LogP contribution < -0.4 is 9.04 Å². The zero-order valence-corrected chi connectivity index (χ0v) is 16.9. The molecule has 150 valence electrons. The first-order valence-corrected chi connectivity index (χ1v) is 10.1. The minimum absolute atomic E-state index is 0.138. The Kier molecular flexibility index (Phi) is 5.51. The third-order valence-electron chi connectivity index (χ3n) is 4.50. The van der Waals surface area contributed by atoms with Crippen molar-refractivity contribution in [3.05, 3.63) is 82.0 Å². The highest BCUT2D eigenvalue weighted by Crippen LogP contribution is 2.30. The first-order chi connectivity index (χ1) is 13.7. The van der Waals surface area contributed by atoms with Crippen LogP contribution in [0.3, 0.4) is 0 Å². The lowest BCUT2D eigenvalue weighted by molar-refractivity contribution is -0.386. The van der Waals surface area contributed by atoms with Gasteiger partial charge in [0.1, 0.15) is 5.75 Å². The maximum absolute atomic E-state index is 12.9. The molecule has 0 fully saturated rings. The number of rotatable bonds is 6. The fourth-order valence-electron chi connectivity index (χ4n) is 2.61. The van der Waals surface area contributed by atoms with E-state index in [2.05, 4.69) is 4.98 Å². The molecule has 1 heterocycles. The number of benzene rings is 2. The summed E-state index contributed by atoms with van der Waals surface area (Å²) in [5.74, 6) is 0.161. The van der Waals surface area contributed by atoms with Gasteiger partial charge in [0.25, 0.3) is 15.9 Å². The molecular formula is C20H19N3O5S. The summed E-state index contributed by atoms with van der Waals surface area (Å²) >= 11 is 0. The molecule has 0 aliphatic rings. The molecule has 0 radical (unpaired) electrons.